The fourth-order valence-corrected chi connectivity index (χ4v) is 2.84. The van der Waals surface area contributed by atoms with E-state index in [9.17, 15) is 27.5 Å². The van der Waals surface area contributed by atoms with Crippen molar-refractivity contribution in [2.75, 3.05) is 0 Å². The lowest BCUT2D eigenvalue weighted by atomic mass is 9.94. The van der Waals surface area contributed by atoms with E-state index in [0.29, 0.717) is 5.56 Å². The first kappa shape index (κ1) is 18.6. The zero-order valence-electron chi connectivity index (χ0n) is 14.2. The number of rotatable bonds is 4. The van der Waals surface area contributed by atoms with E-state index in [1.165, 1.54) is 30.3 Å². The number of aryl methyl sites for hydroxylation is 1. The monoisotopic (exact) mass is 374 g/mol. The summed E-state index contributed by atoms with van der Waals surface area (Å²) in [4.78, 5) is 12.5. The number of Topliss-reactive ketones (excluding diaryl/α,β-unsaturated/α-hetero) is 1. The summed E-state index contributed by atoms with van der Waals surface area (Å²) in [7, 11) is 0. The molecule has 0 saturated carbocycles. The number of hydrogen-bond donors (Lipinski definition) is 1. The van der Waals surface area contributed by atoms with Crippen LogP contribution in [0.1, 0.15) is 21.5 Å². The molecule has 0 aliphatic carbocycles. The van der Waals surface area contributed by atoms with Gasteiger partial charge in [-0.3, -0.25) is 4.79 Å². The summed E-state index contributed by atoms with van der Waals surface area (Å²) >= 11 is 0. The van der Waals surface area contributed by atoms with E-state index in [-0.39, 0.29) is 16.7 Å². The number of aromatic hydroxyl groups is 1. The second kappa shape index (κ2) is 7.23. The average Bonchev–Trinajstić information content (AvgIpc) is 2.63. The van der Waals surface area contributed by atoms with Gasteiger partial charge in [-0.05, 0) is 54.4 Å². The van der Waals surface area contributed by atoms with E-state index in [4.69, 9.17) is 0 Å². The zero-order valence-corrected chi connectivity index (χ0v) is 14.2. The van der Waals surface area contributed by atoms with Crippen LogP contribution in [0.3, 0.4) is 0 Å². The van der Waals surface area contributed by atoms with Gasteiger partial charge in [-0.15, -0.1) is 0 Å². The van der Waals surface area contributed by atoms with E-state index >= 15 is 0 Å². The molecule has 0 radical (unpaired) electrons. The number of halogens is 4. The Morgan fingerprint density at radius 2 is 1.70 bits per heavy atom. The number of carbonyl (C=O) groups is 1. The molecule has 0 atom stereocenters. The third kappa shape index (κ3) is 3.69. The van der Waals surface area contributed by atoms with Gasteiger partial charge in [0.2, 0.25) is 0 Å². The highest BCUT2D eigenvalue weighted by atomic mass is 19.1. The van der Waals surface area contributed by atoms with Crippen LogP contribution < -0.4 is 0 Å². The standard InChI is InChI=1S/C21H14F4O2/c1-11-7-14(12-3-2-4-13(22)9-12)20(24)16(8-11)19(27)10-15-17(23)5-6-18(26)21(15)25/h2-9,26H,10H2,1H3. The van der Waals surface area contributed by atoms with E-state index < -0.39 is 46.8 Å². The van der Waals surface area contributed by atoms with Gasteiger partial charge in [0.05, 0.1) is 5.56 Å². The molecule has 0 aliphatic heterocycles. The first-order valence-electron chi connectivity index (χ1n) is 8.03. The second-order valence-electron chi connectivity index (χ2n) is 6.14. The van der Waals surface area contributed by atoms with Crippen molar-refractivity contribution in [1.29, 1.82) is 0 Å². The molecule has 0 heterocycles. The minimum atomic E-state index is -1.26. The molecule has 3 aromatic carbocycles. The maximum absolute atomic E-state index is 14.9. The highest BCUT2D eigenvalue weighted by Gasteiger charge is 2.22. The smallest absolute Gasteiger partial charge is 0.171 e. The predicted octanol–water partition coefficient (Wildman–Crippen LogP) is 5.35. The van der Waals surface area contributed by atoms with Gasteiger partial charge in [0.25, 0.3) is 0 Å². The highest BCUT2D eigenvalue weighted by molar-refractivity contribution is 5.99. The van der Waals surface area contributed by atoms with Crippen molar-refractivity contribution in [3.05, 3.63) is 88.5 Å². The van der Waals surface area contributed by atoms with Crippen molar-refractivity contribution in [2.45, 2.75) is 13.3 Å². The van der Waals surface area contributed by atoms with Gasteiger partial charge < -0.3 is 5.11 Å². The summed E-state index contributed by atoms with van der Waals surface area (Å²) in [6.45, 7) is 1.62. The summed E-state index contributed by atoms with van der Waals surface area (Å²) in [5.41, 5.74) is -0.241. The number of phenolic OH excluding ortho intramolecular Hbond substituents is 1. The van der Waals surface area contributed by atoms with E-state index in [2.05, 4.69) is 0 Å². The maximum Gasteiger partial charge on any atom is 0.171 e. The highest BCUT2D eigenvalue weighted by Crippen LogP contribution is 2.29. The third-order valence-corrected chi connectivity index (χ3v) is 4.16. The molecule has 0 aliphatic rings. The summed E-state index contributed by atoms with van der Waals surface area (Å²) in [5.74, 6) is -5.41. The molecule has 138 valence electrons. The molecular weight excluding hydrogens is 360 g/mol. The third-order valence-electron chi connectivity index (χ3n) is 4.16. The Morgan fingerprint density at radius 3 is 2.41 bits per heavy atom. The molecule has 2 nitrogen and oxygen atoms in total. The molecule has 0 fully saturated rings. The molecule has 0 unspecified atom stereocenters. The van der Waals surface area contributed by atoms with Gasteiger partial charge in [0, 0.05) is 17.5 Å². The van der Waals surface area contributed by atoms with Crippen LogP contribution in [0.2, 0.25) is 0 Å². The second-order valence-corrected chi connectivity index (χ2v) is 6.14. The molecule has 0 saturated heterocycles. The van der Waals surface area contributed by atoms with Crippen LogP contribution in [-0.4, -0.2) is 10.9 Å². The molecule has 27 heavy (non-hydrogen) atoms. The van der Waals surface area contributed by atoms with Gasteiger partial charge in [0.1, 0.15) is 17.5 Å². The first-order valence-corrected chi connectivity index (χ1v) is 8.03. The Bertz CT molecular complexity index is 1040. The van der Waals surface area contributed by atoms with Crippen molar-refractivity contribution in [1.82, 2.24) is 0 Å². The number of phenols is 1. The minimum Gasteiger partial charge on any atom is -0.505 e. The van der Waals surface area contributed by atoms with Gasteiger partial charge in [-0.25, -0.2) is 17.6 Å². The van der Waals surface area contributed by atoms with Crippen LogP contribution in [0, 0.1) is 30.2 Å². The number of hydrogen-bond acceptors (Lipinski definition) is 2. The predicted molar refractivity (Wildman–Crippen MR) is 92.6 cm³/mol. The molecule has 0 aromatic heterocycles. The molecule has 0 bridgehead atoms. The SMILES string of the molecule is Cc1cc(C(=O)Cc2c(F)ccc(O)c2F)c(F)c(-c2cccc(F)c2)c1. The lowest BCUT2D eigenvalue weighted by Crippen LogP contribution is -2.10. The van der Waals surface area contributed by atoms with Crippen LogP contribution in [0.5, 0.6) is 5.75 Å². The quantitative estimate of drug-likeness (QED) is 0.494. The molecule has 0 spiro atoms. The molecule has 3 rings (SSSR count). The maximum atomic E-state index is 14.9. The molecular formula is C21H14F4O2. The Kier molecular flexibility index (Phi) is 4.99. The molecule has 0 amide bonds. The normalized spacial score (nSPS) is 10.9. The average molecular weight is 374 g/mol. The summed E-state index contributed by atoms with van der Waals surface area (Å²) in [6.07, 6.45) is -0.769. The van der Waals surface area contributed by atoms with Gasteiger partial charge in [-0.2, -0.15) is 0 Å². The summed E-state index contributed by atoms with van der Waals surface area (Å²) in [6, 6.07) is 9.60. The van der Waals surface area contributed by atoms with Crippen molar-refractivity contribution in [3.8, 4) is 16.9 Å². The minimum absolute atomic E-state index is 0.00898. The topological polar surface area (TPSA) is 37.3 Å². The van der Waals surface area contributed by atoms with Crippen LogP contribution in [-0.2, 0) is 6.42 Å². The van der Waals surface area contributed by atoms with Crippen LogP contribution in [0.25, 0.3) is 11.1 Å². The van der Waals surface area contributed by atoms with Crippen molar-refractivity contribution < 1.29 is 27.5 Å². The zero-order chi connectivity index (χ0) is 19.7. The first-order chi connectivity index (χ1) is 12.8. The molecule has 3 aromatic rings. The largest absolute Gasteiger partial charge is 0.505 e. The Morgan fingerprint density at radius 1 is 0.963 bits per heavy atom. The van der Waals surface area contributed by atoms with E-state index in [1.54, 1.807) is 6.92 Å². The van der Waals surface area contributed by atoms with E-state index in [1.807, 2.05) is 0 Å². The summed E-state index contributed by atoms with van der Waals surface area (Å²) < 4.78 is 56.2. The fourth-order valence-electron chi connectivity index (χ4n) is 2.84. The number of benzene rings is 3. The van der Waals surface area contributed by atoms with E-state index in [0.717, 1.165) is 18.2 Å². The van der Waals surface area contributed by atoms with Gasteiger partial charge in [0.15, 0.2) is 17.3 Å². The molecule has 6 heteroatoms. The Balaban J connectivity index is 2.05. The van der Waals surface area contributed by atoms with Crippen molar-refractivity contribution >= 4 is 5.78 Å². The Labute approximate surface area is 152 Å². The van der Waals surface area contributed by atoms with Gasteiger partial charge >= 0.3 is 0 Å². The van der Waals surface area contributed by atoms with Crippen LogP contribution in [0.4, 0.5) is 17.6 Å². The van der Waals surface area contributed by atoms with Gasteiger partial charge in [-0.1, -0.05) is 12.1 Å². The fraction of sp³-hybridized carbons (Fsp3) is 0.0952. The molecule has 1 N–H and O–H groups in total. The Hall–Kier alpha value is -3.15. The van der Waals surface area contributed by atoms with Crippen LogP contribution >= 0.6 is 0 Å². The lowest BCUT2D eigenvalue weighted by Gasteiger charge is -2.11. The van der Waals surface area contributed by atoms with Crippen molar-refractivity contribution in [3.63, 3.8) is 0 Å². The lowest BCUT2D eigenvalue weighted by molar-refractivity contribution is 0.0986. The van der Waals surface area contributed by atoms with Crippen molar-refractivity contribution in [2.24, 2.45) is 0 Å². The van der Waals surface area contributed by atoms with Crippen LogP contribution in [0.15, 0.2) is 48.5 Å². The summed E-state index contributed by atoms with van der Waals surface area (Å²) in [5, 5.41) is 9.36. The number of ketones is 1. The number of carbonyl (C=O) groups excluding carboxylic acids is 1.